The fourth-order valence-electron chi connectivity index (χ4n) is 2.53. The van der Waals surface area contributed by atoms with Gasteiger partial charge in [-0.05, 0) is 31.2 Å². The molecule has 132 valence electrons. The van der Waals surface area contributed by atoms with Gasteiger partial charge in [0, 0.05) is 23.7 Å². The fourth-order valence-corrected chi connectivity index (χ4v) is 3.59. The lowest BCUT2D eigenvalue weighted by molar-refractivity contribution is -0.385. The molecule has 0 aliphatic rings. The third kappa shape index (κ3) is 3.31. The van der Waals surface area contributed by atoms with E-state index in [0.717, 1.165) is 5.52 Å². The number of carbonyl (C=O) groups excluding carboxylic acids is 1. The van der Waals surface area contributed by atoms with E-state index in [1.54, 1.807) is 23.6 Å². The van der Waals surface area contributed by atoms with E-state index < -0.39 is 10.8 Å². The van der Waals surface area contributed by atoms with Crippen LogP contribution in [0.2, 0.25) is 0 Å². The Hall–Kier alpha value is -3.13. The Morgan fingerprint density at radius 1 is 1.38 bits per heavy atom. The molecule has 0 fully saturated rings. The number of allylic oxidation sites excluding steroid dienone is 1. The average Bonchev–Trinajstić information content (AvgIpc) is 2.91. The lowest BCUT2D eigenvalue weighted by atomic mass is 10.1. The Balaban J connectivity index is 2.13. The van der Waals surface area contributed by atoms with Crippen LogP contribution in [0, 0.1) is 22.9 Å². The molecular formula is C18H14FN3O3S. The van der Waals surface area contributed by atoms with Gasteiger partial charge in [0.25, 0.3) is 11.6 Å². The maximum absolute atomic E-state index is 13.5. The fraction of sp³-hybridized carbons (Fsp3) is 0.111. The Labute approximate surface area is 151 Å². The number of hydrogen-bond acceptors (Lipinski definition) is 4. The highest BCUT2D eigenvalue weighted by molar-refractivity contribution is 7.16. The van der Waals surface area contributed by atoms with Gasteiger partial charge in [0.1, 0.15) is 5.82 Å². The van der Waals surface area contributed by atoms with Crippen molar-refractivity contribution in [2.24, 2.45) is 4.99 Å². The molecule has 8 heteroatoms. The summed E-state index contributed by atoms with van der Waals surface area (Å²) in [6.45, 7) is 5.68. The van der Waals surface area contributed by atoms with Crippen molar-refractivity contribution in [2.75, 3.05) is 0 Å². The summed E-state index contributed by atoms with van der Waals surface area (Å²) in [6, 6.07) is 8.55. The van der Waals surface area contributed by atoms with Gasteiger partial charge in [-0.15, -0.1) is 6.58 Å². The number of fused-ring (bicyclic) bond motifs is 1. The number of hydrogen-bond donors (Lipinski definition) is 0. The first-order valence-corrected chi connectivity index (χ1v) is 8.46. The lowest BCUT2D eigenvalue weighted by Gasteiger charge is -2.01. The zero-order chi connectivity index (χ0) is 18.8. The third-order valence-corrected chi connectivity index (χ3v) is 4.85. The maximum Gasteiger partial charge on any atom is 0.279 e. The number of halogens is 1. The topological polar surface area (TPSA) is 77.5 Å². The predicted octanol–water partition coefficient (Wildman–Crippen LogP) is 3.99. The standard InChI is InChI=1S/C18H14FN3O3S/c1-3-8-21-14-7-6-13(19)10-16(14)26-18(21)20-17(23)12-5-4-11(2)15(9-12)22(24)25/h3-7,9-10H,1,8H2,2H3. The molecule has 6 nitrogen and oxygen atoms in total. The normalized spacial score (nSPS) is 11.7. The van der Waals surface area contributed by atoms with Crippen LogP contribution in [0.5, 0.6) is 0 Å². The summed E-state index contributed by atoms with van der Waals surface area (Å²) in [5.74, 6) is -0.977. The molecule has 1 heterocycles. The summed E-state index contributed by atoms with van der Waals surface area (Å²) in [5, 5.41) is 11.1. The van der Waals surface area contributed by atoms with Gasteiger partial charge in [-0.25, -0.2) is 4.39 Å². The number of nitro benzene ring substituents is 1. The van der Waals surface area contributed by atoms with Gasteiger partial charge in [0.15, 0.2) is 4.80 Å². The number of rotatable bonds is 4. The molecule has 0 unspecified atom stereocenters. The molecule has 1 aromatic heterocycles. The molecule has 0 aliphatic carbocycles. The predicted molar refractivity (Wildman–Crippen MR) is 97.7 cm³/mol. The number of aromatic nitrogens is 1. The van der Waals surface area contributed by atoms with Crippen LogP contribution in [0.1, 0.15) is 15.9 Å². The van der Waals surface area contributed by atoms with Crippen molar-refractivity contribution in [2.45, 2.75) is 13.5 Å². The van der Waals surface area contributed by atoms with Gasteiger partial charge in [-0.2, -0.15) is 4.99 Å². The van der Waals surface area contributed by atoms with Gasteiger partial charge < -0.3 is 4.57 Å². The van der Waals surface area contributed by atoms with Crippen molar-refractivity contribution < 1.29 is 14.1 Å². The SMILES string of the molecule is C=CCn1c(=NC(=O)c2ccc(C)c([N+](=O)[O-])c2)sc2cc(F)ccc21. The van der Waals surface area contributed by atoms with E-state index in [2.05, 4.69) is 11.6 Å². The summed E-state index contributed by atoms with van der Waals surface area (Å²) >= 11 is 1.17. The Morgan fingerprint density at radius 2 is 2.15 bits per heavy atom. The van der Waals surface area contributed by atoms with E-state index in [4.69, 9.17) is 0 Å². The molecule has 1 amide bonds. The minimum Gasteiger partial charge on any atom is -0.312 e. The number of aryl methyl sites for hydroxylation is 1. The molecule has 0 saturated carbocycles. The molecule has 3 rings (SSSR count). The van der Waals surface area contributed by atoms with E-state index in [9.17, 15) is 19.3 Å². The molecule has 0 aliphatic heterocycles. The van der Waals surface area contributed by atoms with Crippen LogP contribution in [0.25, 0.3) is 10.2 Å². The number of thiazole rings is 1. The molecular weight excluding hydrogens is 357 g/mol. The first kappa shape index (κ1) is 17.7. The quantitative estimate of drug-likeness (QED) is 0.395. The smallest absolute Gasteiger partial charge is 0.279 e. The number of amides is 1. The number of nitrogens with zero attached hydrogens (tertiary/aromatic N) is 3. The van der Waals surface area contributed by atoms with Crippen LogP contribution >= 0.6 is 11.3 Å². The van der Waals surface area contributed by atoms with Crippen molar-refractivity contribution in [3.8, 4) is 0 Å². The molecule has 26 heavy (non-hydrogen) atoms. The third-order valence-electron chi connectivity index (χ3n) is 3.81. The van der Waals surface area contributed by atoms with Crippen molar-refractivity contribution in [3.63, 3.8) is 0 Å². The van der Waals surface area contributed by atoms with E-state index >= 15 is 0 Å². The van der Waals surface area contributed by atoms with Crippen molar-refractivity contribution in [3.05, 3.63) is 80.9 Å². The van der Waals surface area contributed by atoms with E-state index in [0.29, 0.717) is 21.6 Å². The molecule has 0 bridgehead atoms. The average molecular weight is 371 g/mol. The number of nitro groups is 1. The summed E-state index contributed by atoms with van der Waals surface area (Å²) in [5.41, 5.74) is 1.18. The molecule has 0 radical (unpaired) electrons. The molecule has 2 aromatic carbocycles. The second kappa shape index (κ2) is 7.01. The van der Waals surface area contributed by atoms with Crippen LogP contribution in [-0.4, -0.2) is 15.4 Å². The van der Waals surface area contributed by atoms with Crippen LogP contribution < -0.4 is 4.80 Å². The van der Waals surface area contributed by atoms with Gasteiger partial charge in [0.2, 0.25) is 0 Å². The minimum absolute atomic E-state index is 0.121. The van der Waals surface area contributed by atoms with Crippen molar-refractivity contribution >= 4 is 33.1 Å². The van der Waals surface area contributed by atoms with Gasteiger partial charge in [0.05, 0.1) is 15.1 Å². The lowest BCUT2D eigenvalue weighted by Crippen LogP contribution is -2.16. The molecule has 0 spiro atoms. The summed E-state index contributed by atoms with van der Waals surface area (Å²) < 4.78 is 15.9. The van der Waals surface area contributed by atoms with Crippen LogP contribution in [0.15, 0.2) is 54.0 Å². The van der Waals surface area contributed by atoms with E-state index in [1.165, 1.54) is 41.7 Å². The van der Waals surface area contributed by atoms with Crippen LogP contribution in [0.4, 0.5) is 10.1 Å². The summed E-state index contributed by atoms with van der Waals surface area (Å²) in [4.78, 5) is 27.5. The molecule has 0 saturated heterocycles. The largest absolute Gasteiger partial charge is 0.312 e. The monoisotopic (exact) mass is 371 g/mol. The minimum atomic E-state index is -0.599. The number of benzene rings is 2. The molecule has 0 atom stereocenters. The Kier molecular flexibility index (Phi) is 4.77. The highest BCUT2D eigenvalue weighted by Gasteiger charge is 2.15. The number of carbonyl (C=O) groups is 1. The van der Waals surface area contributed by atoms with E-state index in [-0.39, 0.29) is 17.1 Å². The van der Waals surface area contributed by atoms with Crippen molar-refractivity contribution in [1.29, 1.82) is 0 Å². The van der Waals surface area contributed by atoms with Crippen molar-refractivity contribution in [1.82, 2.24) is 4.57 Å². The van der Waals surface area contributed by atoms with Gasteiger partial charge in [-0.3, -0.25) is 14.9 Å². The zero-order valence-corrected chi connectivity index (χ0v) is 14.6. The molecule has 3 aromatic rings. The highest BCUT2D eigenvalue weighted by Crippen LogP contribution is 2.21. The first-order chi connectivity index (χ1) is 12.4. The van der Waals surface area contributed by atoms with Gasteiger partial charge >= 0.3 is 0 Å². The Bertz CT molecular complexity index is 1110. The maximum atomic E-state index is 13.5. The summed E-state index contributed by atoms with van der Waals surface area (Å²) in [6.07, 6.45) is 1.65. The van der Waals surface area contributed by atoms with Crippen LogP contribution in [-0.2, 0) is 6.54 Å². The first-order valence-electron chi connectivity index (χ1n) is 7.64. The van der Waals surface area contributed by atoms with E-state index in [1.807, 2.05) is 0 Å². The highest BCUT2D eigenvalue weighted by atomic mass is 32.1. The zero-order valence-electron chi connectivity index (χ0n) is 13.8. The second-order valence-electron chi connectivity index (χ2n) is 5.57. The van der Waals surface area contributed by atoms with Crippen LogP contribution in [0.3, 0.4) is 0 Å². The summed E-state index contributed by atoms with van der Waals surface area (Å²) in [7, 11) is 0. The molecule has 0 N–H and O–H groups in total. The Morgan fingerprint density at radius 3 is 2.85 bits per heavy atom. The van der Waals surface area contributed by atoms with Gasteiger partial charge in [-0.1, -0.05) is 23.5 Å². The second-order valence-corrected chi connectivity index (χ2v) is 6.58.